The maximum atomic E-state index is 13.4. The highest BCUT2D eigenvalue weighted by molar-refractivity contribution is 5.83. The molecule has 1 fully saturated rings. The molecular formula is C30H32N2O2. The summed E-state index contributed by atoms with van der Waals surface area (Å²) >= 11 is 0. The lowest BCUT2D eigenvalue weighted by Crippen LogP contribution is -2.49. The summed E-state index contributed by atoms with van der Waals surface area (Å²) in [7, 11) is 0. The standard InChI is InChI=1S/C30H32N2O2/c1-2-34-28(33)29(25-12-6-3-7-13-25)18-21-32(22-19-29)23-20-30(24-31,26-14-8-4-9-15-26)27-16-10-5-11-17-27/h3-17H,2,18-23H2,1H3/i1D3,2D. The zero-order chi connectivity index (χ0) is 27.2. The molecule has 3 aromatic carbocycles. The molecule has 4 heteroatoms. The van der Waals surface area contributed by atoms with Crippen molar-refractivity contribution < 1.29 is 15.0 Å². The Morgan fingerprint density at radius 3 is 2.03 bits per heavy atom. The molecule has 0 spiro atoms. The molecule has 4 nitrogen and oxygen atoms in total. The van der Waals surface area contributed by atoms with Crippen LogP contribution in [0.3, 0.4) is 0 Å². The zero-order valence-corrected chi connectivity index (χ0v) is 19.2. The van der Waals surface area contributed by atoms with Crippen LogP contribution in [-0.2, 0) is 20.4 Å². The van der Waals surface area contributed by atoms with Gasteiger partial charge in [0.05, 0.1) is 19.4 Å². The summed E-state index contributed by atoms with van der Waals surface area (Å²) in [5.74, 6) is -0.667. The average molecular weight is 457 g/mol. The smallest absolute Gasteiger partial charge is 0.316 e. The van der Waals surface area contributed by atoms with Crippen LogP contribution in [0.5, 0.6) is 0 Å². The van der Waals surface area contributed by atoms with Gasteiger partial charge >= 0.3 is 5.97 Å². The van der Waals surface area contributed by atoms with Crippen LogP contribution in [0, 0.1) is 11.3 Å². The molecule has 0 aliphatic carbocycles. The van der Waals surface area contributed by atoms with E-state index in [4.69, 9.17) is 10.2 Å². The fraction of sp³-hybridized carbons (Fsp3) is 0.333. The van der Waals surface area contributed by atoms with Crippen LogP contribution >= 0.6 is 0 Å². The first kappa shape index (κ1) is 18.9. The second kappa shape index (κ2) is 10.7. The molecule has 1 heterocycles. The number of hydrogen-bond donors (Lipinski definition) is 0. The fourth-order valence-electron chi connectivity index (χ4n) is 5.10. The zero-order valence-electron chi connectivity index (χ0n) is 23.2. The van der Waals surface area contributed by atoms with Crippen molar-refractivity contribution in [3.05, 3.63) is 108 Å². The van der Waals surface area contributed by atoms with E-state index >= 15 is 0 Å². The van der Waals surface area contributed by atoms with Crippen molar-refractivity contribution >= 4 is 5.97 Å². The van der Waals surface area contributed by atoms with Crippen LogP contribution in [0.15, 0.2) is 91.0 Å². The van der Waals surface area contributed by atoms with Gasteiger partial charge < -0.3 is 9.64 Å². The van der Waals surface area contributed by atoms with Crippen molar-refractivity contribution in [3.8, 4) is 6.07 Å². The number of hydrogen-bond acceptors (Lipinski definition) is 4. The van der Waals surface area contributed by atoms with Gasteiger partial charge in [-0.1, -0.05) is 91.0 Å². The second-order valence-electron chi connectivity index (χ2n) is 8.81. The van der Waals surface area contributed by atoms with Gasteiger partial charge in [0.1, 0.15) is 5.41 Å². The minimum Gasteiger partial charge on any atom is -0.465 e. The Kier molecular flexibility index (Phi) is 5.95. The lowest BCUT2D eigenvalue weighted by Gasteiger charge is -2.41. The third-order valence-electron chi connectivity index (χ3n) is 7.12. The van der Waals surface area contributed by atoms with Gasteiger partial charge in [0.25, 0.3) is 0 Å². The molecular weight excluding hydrogens is 420 g/mol. The van der Waals surface area contributed by atoms with Crippen LogP contribution in [0.1, 0.15) is 48.3 Å². The number of carbonyl (C=O) groups is 1. The predicted octanol–water partition coefficient (Wildman–Crippen LogP) is 5.48. The number of carbonyl (C=O) groups excluding carboxylic acids is 1. The van der Waals surface area contributed by atoms with Crippen LogP contribution in [0.2, 0.25) is 0 Å². The topological polar surface area (TPSA) is 53.3 Å². The molecule has 0 aromatic heterocycles. The van der Waals surface area contributed by atoms with E-state index in [0.717, 1.165) is 16.7 Å². The Hall–Kier alpha value is -3.42. The Morgan fingerprint density at radius 1 is 1.00 bits per heavy atom. The lowest BCUT2D eigenvalue weighted by atomic mass is 9.71. The summed E-state index contributed by atoms with van der Waals surface area (Å²) in [5.41, 5.74) is 0.821. The van der Waals surface area contributed by atoms with Crippen molar-refractivity contribution in [2.45, 2.75) is 36.9 Å². The molecule has 0 N–H and O–H groups in total. The van der Waals surface area contributed by atoms with Crippen molar-refractivity contribution in [3.63, 3.8) is 0 Å². The Labute approximate surface area is 208 Å². The van der Waals surface area contributed by atoms with E-state index in [9.17, 15) is 10.1 Å². The molecule has 0 amide bonds. The van der Waals surface area contributed by atoms with E-state index in [-0.39, 0.29) is 0 Å². The quantitative estimate of drug-likeness (QED) is 0.421. The molecule has 174 valence electrons. The molecule has 4 rings (SSSR count). The summed E-state index contributed by atoms with van der Waals surface area (Å²) < 4.78 is 35.4. The van der Waals surface area contributed by atoms with Crippen molar-refractivity contribution in [1.82, 2.24) is 4.90 Å². The third kappa shape index (κ3) is 4.62. The summed E-state index contributed by atoms with van der Waals surface area (Å²) in [6.45, 7) is -2.84. The molecule has 0 saturated carbocycles. The summed E-state index contributed by atoms with van der Waals surface area (Å²) in [6, 6.07) is 31.5. The number of esters is 1. The number of nitrogens with zero attached hydrogens (tertiary/aromatic N) is 2. The van der Waals surface area contributed by atoms with Crippen molar-refractivity contribution in [1.29, 1.82) is 5.26 Å². The Balaban J connectivity index is 1.54. The summed E-state index contributed by atoms with van der Waals surface area (Å²) in [4.78, 5) is 15.6. The van der Waals surface area contributed by atoms with E-state index in [0.29, 0.717) is 38.9 Å². The van der Waals surface area contributed by atoms with E-state index in [1.165, 1.54) is 0 Å². The van der Waals surface area contributed by atoms with Crippen molar-refractivity contribution in [2.24, 2.45) is 0 Å². The first-order chi connectivity index (χ1) is 18.2. The Bertz CT molecular complexity index is 1200. The first-order valence-corrected chi connectivity index (χ1v) is 11.6. The molecule has 1 unspecified atom stereocenters. The maximum Gasteiger partial charge on any atom is 0.316 e. The summed E-state index contributed by atoms with van der Waals surface area (Å²) in [5, 5.41) is 10.5. The Morgan fingerprint density at radius 2 is 1.53 bits per heavy atom. The van der Waals surface area contributed by atoms with Crippen molar-refractivity contribution in [2.75, 3.05) is 26.2 Å². The number of piperidine rings is 1. The molecule has 34 heavy (non-hydrogen) atoms. The number of benzene rings is 3. The normalized spacial score (nSPS) is 18.9. The molecule has 1 aliphatic heterocycles. The highest BCUT2D eigenvalue weighted by Gasteiger charge is 2.44. The molecule has 1 atom stereocenters. The minimum absolute atomic E-state index is 0.430. The van der Waals surface area contributed by atoms with Crippen LogP contribution < -0.4 is 0 Å². The fourth-order valence-corrected chi connectivity index (χ4v) is 5.10. The largest absolute Gasteiger partial charge is 0.465 e. The van der Waals surface area contributed by atoms with E-state index in [2.05, 4.69) is 11.0 Å². The molecule has 3 aromatic rings. The first-order valence-electron chi connectivity index (χ1n) is 13.7. The SMILES string of the molecule is [2H]C(OC(=O)C1(c2ccccc2)CCN(CCC(C#N)(c2ccccc2)c2ccccc2)CC1)C([2H])([2H])[2H]. The predicted molar refractivity (Wildman–Crippen MR) is 134 cm³/mol. The lowest BCUT2D eigenvalue weighted by molar-refractivity contribution is -0.152. The van der Waals surface area contributed by atoms with E-state index < -0.39 is 30.2 Å². The van der Waals surface area contributed by atoms with E-state index in [1.807, 2.05) is 91.0 Å². The number of nitriles is 1. The maximum absolute atomic E-state index is 13.4. The highest BCUT2D eigenvalue weighted by atomic mass is 16.5. The number of likely N-dealkylation sites (tertiary alicyclic amines) is 1. The van der Waals surface area contributed by atoms with Crippen LogP contribution in [0.4, 0.5) is 0 Å². The average Bonchev–Trinajstić information content (AvgIpc) is 2.95. The van der Waals surface area contributed by atoms with Crippen LogP contribution in [0.25, 0.3) is 0 Å². The van der Waals surface area contributed by atoms with Crippen LogP contribution in [-0.4, -0.2) is 37.1 Å². The van der Waals surface area contributed by atoms with E-state index in [1.54, 1.807) is 0 Å². The van der Waals surface area contributed by atoms with Gasteiger partial charge in [-0.05, 0) is 55.9 Å². The summed E-state index contributed by atoms with van der Waals surface area (Å²) in [6.07, 6.45) is 1.44. The monoisotopic (exact) mass is 456 g/mol. The molecule has 0 radical (unpaired) electrons. The molecule has 0 bridgehead atoms. The van der Waals surface area contributed by atoms with Gasteiger partial charge in [-0.3, -0.25) is 4.79 Å². The number of rotatable bonds is 8. The minimum atomic E-state index is -2.70. The molecule has 1 aliphatic rings. The van der Waals surface area contributed by atoms with Gasteiger partial charge in [-0.25, -0.2) is 0 Å². The van der Waals surface area contributed by atoms with Gasteiger partial charge in [-0.2, -0.15) is 5.26 Å². The molecule has 1 saturated heterocycles. The third-order valence-corrected chi connectivity index (χ3v) is 7.12. The van der Waals surface area contributed by atoms with Gasteiger partial charge in [0.2, 0.25) is 0 Å². The van der Waals surface area contributed by atoms with Gasteiger partial charge in [0.15, 0.2) is 0 Å². The highest BCUT2D eigenvalue weighted by Crippen LogP contribution is 2.39. The van der Waals surface area contributed by atoms with Gasteiger partial charge in [-0.15, -0.1) is 0 Å². The number of ether oxygens (including phenoxy) is 1. The van der Waals surface area contributed by atoms with Gasteiger partial charge in [0, 0.05) is 10.7 Å². The second-order valence-corrected chi connectivity index (χ2v) is 8.81.